The predicted octanol–water partition coefficient (Wildman–Crippen LogP) is -4.56. The Morgan fingerprint density at radius 2 is 1.63 bits per heavy atom. The molecule has 0 aromatic rings. The summed E-state index contributed by atoms with van der Waals surface area (Å²) in [6.45, 7) is -1.49. The molecule has 0 aromatic carbocycles. The van der Waals surface area contributed by atoms with Gasteiger partial charge < -0.3 is 59.4 Å². The number of hydrogen-bond acceptors (Lipinski definition) is 12. The summed E-state index contributed by atoms with van der Waals surface area (Å²) in [6.07, 6.45) is -13.4. The molecule has 10 atom stereocenters. The second-order valence-corrected chi connectivity index (χ2v) is 8.34. The van der Waals surface area contributed by atoms with Crippen molar-refractivity contribution < 1.29 is 63.9 Å². The molecule has 8 N–H and O–H groups in total. The van der Waals surface area contributed by atoms with Gasteiger partial charge >= 0.3 is 7.60 Å². The average molecular weight is 420 g/mol. The van der Waals surface area contributed by atoms with Crippen molar-refractivity contribution in [2.24, 2.45) is 0 Å². The number of aliphatic hydroxyl groups is 7. The first-order valence-electron chi connectivity index (χ1n) is 8.03. The quantitative estimate of drug-likeness (QED) is 0.182. The van der Waals surface area contributed by atoms with Crippen LogP contribution in [0.3, 0.4) is 0 Å². The van der Waals surface area contributed by atoms with Crippen molar-refractivity contribution >= 4 is 7.60 Å². The summed E-state index contributed by atoms with van der Waals surface area (Å²) in [5.41, 5.74) is 0. The van der Waals surface area contributed by atoms with Crippen molar-refractivity contribution in [2.75, 3.05) is 26.5 Å². The molecule has 2 heterocycles. The third-order valence-electron chi connectivity index (χ3n) is 4.37. The average Bonchev–Trinajstić information content (AvgIpc) is 2.85. The summed E-state index contributed by atoms with van der Waals surface area (Å²) < 4.78 is 31.5. The summed E-state index contributed by atoms with van der Waals surface area (Å²) in [5, 5.41) is 68.6. The molecule has 2 aliphatic rings. The van der Waals surface area contributed by atoms with Crippen LogP contribution in [0.25, 0.3) is 0 Å². The van der Waals surface area contributed by atoms with Gasteiger partial charge in [0.25, 0.3) is 0 Å². The normalized spacial score (nSPS) is 47.7. The van der Waals surface area contributed by atoms with Crippen LogP contribution in [0.5, 0.6) is 0 Å². The molecular formula is C13H25O13P. The lowest BCUT2D eigenvalue weighted by Gasteiger charge is -2.43. The van der Waals surface area contributed by atoms with Crippen LogP contribution < -0.4 is 0 Å². The number of hydrogen-bond donors (Lipinski definition) is 8. The summed E-state index contributed by atoms with van der Waals surface area (Å²) in [6, 6.07) is 0. The van der Waals surface area contributed by atoms with Crippen LogP contribution in [0.4, 0.5) is 0 Å². The lowest BCUT2D eigenvalue weighted by Crippen LogP contribution is -2.62. The van der Waals surface area contributed by atoms with Gasteiger partial charge in [0.1, 0.15) is 49.3 Å². The molecule has 0 aliphatic carbocycles. The van der Waals surface area contributed by atoms with Gasteiger partial charge in [0.2, 0.25) is 5.79 Å². The Balaban J connectivity index is 2.16. The second kappa shape index (κ2) is 8.63. The maximum atomic E-state index is 11.2. The summed E-state index contributed by atoms with van der Waals surface area (Å²) in [7, 11) is -3.93. The highest BCUT2D eigenvalue weighted by Crippen LogP contribution is 2.39. The van der Waals surface area contributed by atoms with Crippen molar-refractivity contribution in [1.82, 2.24) is 0 Å². The number of aliphatic hydroxyl groups excluding tert-OH is 7. The van der Waals surface area contributed by atoms with E-state index in [0.717, 1.165) is 6.66 Å². The zero-order chi connectivity index (χ0) is 20.6. The Bertz CT molecular complexity index is 542. The molecule has 0 saturated carbocycles. The lowest BCUT2D eigenvalue weighted by atomic mass is 9.99. The van der Waals surface area contributed by atoms with Crippen molar-refractivity contribution in [3.8, 4) is 0 Å². The standard InChI is InChI=1S/C13H25O13P/c1-27(21,22)23-3-6-7(16)9(18)10(19)12(24-6)26-13(4-15)11(20)8(17)5(2-14)25-13/h5-12,14-20H,2-4H2,1H3,(H,21,22)/t5-,6-,7-,8-,9+,10-,11+,12-,13+/m1/s1. The maximum Gasteiger partial charge on any atom is 0.325 e. The molecule has 0 amide bonds. The molecule has 0 spiro atoms. The predicted molar refractivity (Wildman–Crippen MR) is 83.3 cm³/mol. The fourth-order valence-electron chi connectivity index (χ4n) is 2.83. The minimum atomic E-state index is -3.93. The first kappa shape index (κ1) is 23.0. The van der Waals surface area contributed by atoms with Gasteiger partial charge in [-0.1, -0.05) is 0 Å². The van der Waals surface area contributed by atoms with Gasteiger partial charge in [-0.15, -0.1) is 0 Å². The van der Waals surface area contributed by atoms with Crippen molar-refractivity contribution in [3.05, 3.63) is 0 Å². The van der Waals surface area contributed by atoms with Gasteiger partial charge in [0, 0.05) is 6.66 Å². The number of ether oxygens (including phenoxy) is 3. The summed E-state index contributed by atoms with van der Waals surface area (Å²) >= 11 is 0. The van der Waals surface area contributed by atoms with Gasteiger partial charge in [-0.2, -0.15) is 0 Å². The van der Waals surface area contributed by atoms with E-state index >= 15 is 0 Å². The van der Waals surface area contributed by atoms with Crippen molar-refractivity contribution in [3.63, 3.8) is 0 Å². The Labute approximate surface area is 153 Å². The molecule has 2 rings (SSSR count). The molecular weight excluding hydrogens is 395 g/mol. The van der Waals surface area contributed by atoms with E-state index in [1.54, 1.807) is 0 Å². The lowest BCUT2D eigenvalue weighted by molar-refractivity contribution is -0.383. The highest BCUT2D eigenvalue weighted by Gasteiger charge is 2.58. The third kappa shape index (κ3) is 4.85. The topological polar surface area (TPSA) is 216 Å². The fraction of sp³-hybridized carbons (Fsp3) is 1.00. The molecule has 0 bridgehead atoms. The van der Waals surface area contributed by atoms with E-state index in [1.807, 2.05) is 0 Å². The van der Waals surface area contributed by atoms with E-state index < -0.39 is 82.2 Å². The molecule has 14 heteroatoms. The molecule has 160 valence electrons. The first-order chi connectivity index (χ1) is 12.5. The third-order valence-corrected chi connectivity index (χ3v) is 5.00. The van der Waals surface area contributed by atoms with Gasteiger partial charge in [0.15, 0.2) is 6.29 Å². The molecule has 27 heavy (non-hydrogen) atoms. The Hall–Kier alpha value is -0.250. The van der Waals surface area contributed by atoms with E-state index in [4.69, 9.17) is 24.2 Å². The Kier molecular flexibility index (Phi) is 7.36. The second-order valence-electron chi connectivity index (χ2n) is 6.48. The smallest absolute Gasteiger partial charge is 0.325 e. The maximum absolute atomic E-state index is 11.2. The number of rotatable bonds is 7. The van der Waals surface area contributed by atoms with Crippen LogP contribution in [-0.2, 0) is 23.3 Å². The zero-order valence-corrected chi connectivity index (χ0v) is 15.2. The van der Waals surface area contributed by atoms with Crippen LogP contribution in [0.1, 0.15) is 0 Å². The van der Waals surface area contributed by atoms with Crippen LogP contribution in [-0.4, -0.2) is 122 Å². The van der Waals surface area contributed by atoms with E-state index in [2.05, 4.69) is 4.52 Å². The highest BCUT2D eigenvalue weighted by atomic mass is 31.2. The van der Waals surface area contributed by atoms with Gasteiger partial charge in [-0.05, 0) is 0 Å². The van der Waals surface area contributed by atoms with Crippen molar-refractivity contribution in [2.45, 2.75) is 54.8 Å². The fourth-order valence-corrected chi connectivity index (χ4v) is 3.25. The molecule has 1 unspecified atom stereocenters. The molecule has 2 fully saturated rings. The Morgan fingerprint density at radius 1 is 1.00 bits per heavy atom. The van der Waals surface area contributed by atoms with Gasteiger partial charge in [0.05, 0.1) is 13.2 Å². The monoisotopic (exact) mass is 420 g/mol. The van der Waals surface area contributed by atoms with Gasteiger partial charge in [-0.25, -0.2) is 0 Å². The van der Waals surface area contributed by atoms with E-state index in [1.165, 1.54) is 0 Å². The summed E-state index contributed by atoms with van der Waals surface area (Å²) in [4.78, 5) is 9.16. The van der Waals surface area contributed by atoms with E-state index in [9.17, 15) is 35.2 Å². The first-order valence-corrected chi connectivity index (χ1v) is 10.1. The highest BCUT2D eigenvalue weighted by molar-refractivity contribution is 7.51. The van der Waals surface area contributed by atoms with Gasteiger partial charge in [-0.3, -0.25) is 4.57 Å². The molecule has 2 saturated heterocycles. The SMILES string of the molecule is CP(=O)(O)OC[C@H]1O[C@H](O[C@]2(CO)O[C@H](CO)[C@@H](O)[C@@H]2O)[C@H](O)[C@@H](O)[C@@H]1O. The van der Waals surface area contributed by atoms with Crippen LogP contribution in [0.15, 0.2) is 0 Å². The van der Waals surface area contributed by atoms with Crippen LogP contribution in [0, 0.1) is 0 Å². The minimum Gasteiger partial charge on any atom is -0.394 e. The summed E-state index contributed by atoms with van der Waals surface area (Å²) in [5.74, 6) is -2.30. The zero-order valence-electron chi connectivity index (χ0n) is 14.3. The molecule has 0 aromatic heterocycles. The van der Waals surface area contributed by atoms with E-state index in [-0.39, 0.29) is 0 Å². The molecule has 0 radical (unpaired) electrons. The molecule has 2 aliphatic heterocycles. The van der Waals surface area contributed by atoms with Crippen LogP contribution in [0.2, 0.25) is 0 Å². The minimum absolute atomic E-state index is 0.646. The largest absolute Gasteiger partial charge is 0.394 e. The van der Waals surface area contributed by atoms with Crippen molar-refractivity contribution in [1.29, 1.82) is 0 Å². The van der Waals surface area contributed by atoms with Crippen LogP contribution >= 0.6 is 7.60 Å². The Morgan fingerprint density at radius 3 is 2.11 bits per heavy atom. The van der Waals surface area contributed by atoms with E-state index in [0.29, 0.717) is 0 Å². The molecule has 13 nitrogen and oxygen atoms in total.